The van der Waals surface area contributed by atoms with Crippen molar-refractivity contribution in [3.8, 4) is 11.3 Å². The average Bonchev–Trinajstić information content (AvgIpc) is 2.99. The molecule has 0 fully saturated rings. The predicted octanol–water partition coefficient (Wildman–Crippen LogP) is 3.93. The van der Waals surface area contributed by atoms with E-state index in [9.17, 15) is 8.60 Å². The van der Waals surface area contributed by atoms with E-state index in [-0.39, 0.29) is 17.3 Å². The Balaban J connectivity index is 1.68. The average molecular weight is 315 g/mol. The third kappa shape index (κ3) is 3.49. The lowest BCUT2D eigenvalue weighted by Gasteiger charge is -2.01. The second kappa shape index (κ2) is 6.66. The molecule has 0 spiro atoms. The number of hydrogen-bond donors (Lipinski definition) is 0. The normalized spacial score (nSPS) is 12.2. The Morgan fingerprint density at radius 3 is 2.50 bits per heavy atom. The standard InChI is InChI=1S/C17H14FNO2S/c18-16-9-5-4-8-14(16)11-22(20)12-15-10-17(21-19-15)13-6-2-1-3-7-13/h1-10H,11-12H2. The molecule has 22 heavy (non-hydrogen) atoms. The molecule has 1 aromatic heterocycles. The topological polar surface area (TPSA) is 43.1 Å². The van der Waals surface area contributed by atoms with Crippen molar-refractivity contribution in [3.05, 3.63) is 77.7 Å². The van der Waals surface area contributed by atoms with Crippen LogP contribution in [0, 0.1) is 5.82 Å². The highest BCUT2D eigenvalue weighted by molar-refractivity contribution is 7.83. The lowest BCUT2D eigenvalue weighted by molar-refractivity contribution is 0.426. The Hall–Kier alpha value is -2.27. The van der Waals surface area contributed by atoms with E-state index < -0.39 is 10.8 Å². The zero-order valence-corrected chi connectivity index (χ0v) is 12.6. The van der Waals surface area contributed by atoms with Gasteiger partial charge in [0.05, 0.1) is 17.2 Å². The second-order valence-corrected chi connectivity index (χ2v) is 6.33. The van der Waals surface area contributed by atoms with Gasteiger partial charge in [0.15, 0.2) is 5.76 Å². The van der Waals surface area contributed by atoms with E-state index in [1.54, 1.807) is 24.3 Å². The fraction of sp³-hybridized carbons (Fsp3) is 0.118. The molecule has 0 saturated heterocycles. The van der Waals surface area contributed by atoms with Crippen LogP contribution in [0.3, 0.4) is 0 Å². The smallest absolute Gasteiger partial charge is 0.167 e. The highest BCUT2D eigenvalue weighted by Crippen LogP contribution is 2.21. The van der Waals surface area contributed by atoms with Crippen LogP contribution in [-0.4, -0.2) is 9.37 Å². The van der Waals surface area contributed by atoms with Crippen LogP contribution >= 0.6 is 0 Å². The van der Waals surface area contributed by atoms with Gasteiger partial charge >= 0.3 is 0 Å². The molecule has 112 valence electrons. The Bertz CT molecular complexity index is 786. The van der Waals surface area contributed by atoms with Gasteiger partial charge in [-0.1, -0.05) is 53.7 Å². The van der Waals surface area contributed by atoms with Gasteiger partial charge in [0.25, 0.3) is 0 Å². The first-order chi connectivity index (χ1) is 10.7. The summed E-state index contributed by atoms with van der Waals surface area (Å²) in [6, 6.07) is 17.7. The summed E-state index contributed by atoms with van der Waals surface area (Å²) < 4.78 is 31.0. The quantitative estimate of drug-likeness (QED) is 0.716. The first kappa shape index (κ1) is 14.7. The van der Waals surface area contributed by atoms with Gasteiger partial charge < -0.3 is 4.52 Å². The summed E-state index contributed by atoms with van der Waals surface area (Å²) in [4.78, 5) is 0. The van der Waals surface area contributed by atoms with E-state index in [1.807, 2.05) is 30.3 Å². The van der Waals surface area contributed by atoms with Crippen molar-refractivity contribution in [1.82, 2.24) is 5.16 Å². The first-order valence-electron chi connectivity index (χ1n) is 6.82. The molecular formula is C17H14FNO2S. The van der Waals surface area contributed by atoms with Crippen LogP contribution in [0.15, 0.2) is 65.2 Å². The Morgan fingerprint density at radius 2 is 1.73 bits per heavy atom. The Labute approximate surface area is 130 Å². The molecule has 3 aromatic rings. The summed E-state index contributed by atoms with van der Waals surface area (Å²) >= 11 is 0. The third-order valence-electron chi connectivity index (χ3n) is 3.20. The van der Waals surface area contributed by atoms with Crippen LogP contribution in [0.1, 0.15) is 11.3 Å². The van der Waals surface area contributed by atoms with Crippen molar-refractivity contribution >= 4 is 10.8 Å². The molecule has 3 rings (SSSR count). The highest BCUT2D eigenvalue weighted by atomic mass is 32.2. The van der Waals surface area contributed by atoms with Crippen LogP contribution in [0.25, 0.3) is 11.3 Å². The molecule has 5 heteroatoms. The van der Waals surface area contributed by atoms with Gasteiger partial charge in [-0.2, -0.15) is 0 Å². The number of aromatic nitrogens is 1. The van der Waals surface area contributed by atoms with E-state index in [4.69, 9.17) is 4.52 Å². The van der Waals surface area contributed by atoms with Gasteiger partial charge in [-0.25, -0.2) is 4.39 Å². The SMILES string of the molecule is O=S(Cc1cc(-c2ccccc2)on1)Cc1ccccc1F. The summed E-state index contributed by atoms with van der Waals surface area (Å²) in [6.45, 7) is 0. The van der Waals surface area contributed by atoms with Crippen LogP contribution in [0.2, 0.25) is 0 Å². The molecule has 0 aliphatic rings. The van der Waals surface area contributed by atoms with E-state index in [2.05, 4.69) is 5.16 Å². The van der Waals surface area contributed by atoms with Crippen LogP contribution in [0.4, 0.5) is 4.39 Å². The lowest BCUT2D eigenvalue weighted by Crippen LogP contribution is -2.01. The fourth-order valence-corrected chi connectivity index (χ4v) is 3.27. The van der Waals surface area contributed by atoms with Crippen LogP contribution in [-0.2, 0) is 22.3 Å². The molecule has 1 heterocycles. The molecular weight excluding hydrogens is 301 g/mol. The summed E-state index contributed by atoms with van der Waals surface area (Å²) in [5, 5.41) is 3.93. The molecule has 0 amide bonds. The highest BCUT2D eigenvalue weighted by Gasteiger charge is 2.11. The number of hydrogen-bond acceptors (Lipinski definition) is 3. The number of rotatable bonds is 5. The maximum atomic E-state index is 13.5. The number of benzene rings is 2. The maximum absolute atomic E-state index is 13.5. The fourth-order valence-electron chi connectivity index (χ4n) is 2.12. The molecule has 0 radical (unpaired) electrons. The molecule has 0 N–H and O–H groups in total. The maximum Gasteiger partial charge on any atom is 0.167 e. The van der Waals surface area contributed by atoms with Crippen molar-refractivity contribution < 1.29 is 13.1 Å². The minimum absolute atomic E-state index is 0.167. The van der Waals surface area contributed by atoms with E-state index >= 15 is 0 Å². The second-order valence-electron chi connectivity index (χ2n) is 4.87. The van der Waals surface area contributed by atoms with E-state index in [0.29, 0.717) is 17.0 Å². The van der Waals surface area contributed by atoms with E-state index in [1.165, 1.54) is 6.07 Å². The third-order valence-corrected chi connectivity index (χ3v) is 4.45. The number of halogens is 1. The van der Waals surface area contributed by atoms with Crippen LogP contribution < -0.4 is 0 Å². The molecule has 3 nitrogen and oxygen atoms in total. The minimum atomic E-state index is -1.24. The van der Waals surface area contributed by atoms with Crippen molar-refractivity contribution in [1.29, 1.82) is 0 Å². The van der Waals surface area contributed by atoms with Gasteiger partial charge in [-0.05, 0) is 6.07 Å². The summed E-state index contributed by atoms with van der Waals surface area (Å²) in [5.41, 5.74) is 1.97. The van der Waals surface area contributed by atoms with Gasteiger partial charge in [0, 0.05) is 28.0 Å². The van der Waals surface area contributed by atoms with Gasteiger partial charge in [0.2, 0.25) is 0 Å². The molecule has 0 aliphatic carbocycles. The van der Waals surface area contributed by atoms with Gasteiger partial charge in [0.1, 0.15) is 5.82 Å². The van der Waals surface area contributed by atoms with Gasteiger partial charge in [-0.15, -0.1) is 0 Å². The summed E-state index contributed by atoms with van der Waals surface area (Å²) in [6.07, 6.45) is 0. The molecule has 0 aliphatic heterocycles. The van der Waals surface area contributed by atoms with E-state index in [0.717, 1.165) is 5.56 Å². The largest absolute Gasteiger partial charge is 0.356 e. The molecule has 0 saturated carbocycles. The zero-order chi connectivity index (χ0) is 15.4. The van der Waals surface area contributed by atoms with Crippen molar-refractivity contribution in [3.63, 3.8) is 0 Å². The van der Waals surface area contributed by atoms with Gasteiger partial charge in [-0.3, -0.25) is 4.21 Å². The minimum Gasteiger partial charge on any atom is -0.356 e. The Morgan fingerprint density at radius 1 is 1.00 bits per heavy atom. The van der Waals surface area contributed by atoms with Crippen molar-refractivity contribution in [2.75, 3.05) is 0 Å². The predicted molar refractivity (Wildman–Crippen MR) is 83.9 cm³/mol. The lowest BCUT2D eigenvalue weighted by atomic mass is 10.2. The molecule has 1 atom stereocenters. The first-order valence-corrected chi connectivity index (χ1v) is 8.30. The van der Waals surface area contributed by atoms with Crippen molar-refractivity contribution in [2.45, 2.75) is 11.5 Å². The Kier molecular flexibility index (Phi) is 4.44. The molecule has 2 aromatic carbocycles. The number of nitrogens with zero attached hydrogens (tertiary/aromatic N) is 1. The molecule has 1 unspecified atom stereocenters. The molecule has 0 bridgehead atoms. The summed E-state index contributed by atoms with van der Waals surface area (Å²) in [7, 11) is -1.24. The monoisotopic (exact) mass is 315 g/mol. The van der Waals surface area contributed by atoms with Crippen LogP contribution in [0.5, 0.6) is 0 Å². The zero-order valence-electron chi connectivity index (χ0n) is 11.7. The van der Waals surface area contributed by atoms with Crippen molar-refractivity contribution in [2.24, 2.45) is 0 Å². The summed E-state index contributed by atoms with van der Waals surface area (Å²) in [5.74, 6) is 0.713.